The van der Waals surface area contributed by atoms with Crippen LogP contribution in [0.3, 0.4) is 0 Å². The Bertz CT molecular complexity index is 517. The molecule has 1 atom stereocenters. The average Bonchev–Trinajstić information content (AvgIpc) is 2.45. The van der Waals surface area contributed by atoms with E-state index in [1.807, 2.05) is 13.8 Å². The Labute approximate surface area is 123 Å². The molecule has 0 spiro atoms. The van der Waals surface area contributed by atoms with Crippen molar-refractivity contribution in [2.45, 2.75) is 19.9 Å². The zero-order chi connectivity index (χ0) is 16.0. The zero-order valence-electron chi connectivity index (χ0n) is 12.7. The van der Waals surface area contributed by atoms with Crippen LogP contribution < -0.4 is 10.6 Å². The lowest BCUT2D eigenvalue weighted by atomic mass is 10.0. The van der Waals surface area contributed by atoms with E-state index in [-0.39, 0.29) is 29.1 Å². The molecule has 1 aromatic rings. The minimum atomic E-state index is -0.501. The molecule has 0 heterocycles. The van der Waals surface area contributed by atoms with Crippen LogP contribution in [-0.2, 0) is 4.74 Å². The van der Waals surface area contributed by atoms with Crippen LogP contribution >= 0.6 is 0 Å². The molecule has 7 heteroatoms. The summed E-state index contributed by atoms with van der Waals surface area (Å²) in [5.41, 5.74) is 0.504. The highest BCUT2D eigenvalue weighted by molar-refractivity contribution is 5.95. The Kier molecular flexibility index (Phi) is 6.10. The average molecular weight is 295 g/mol. The van der Waals surface area contributed by atoms with Crippen molar-refractivity contribution in [2.75, 3.05) is 26.1 Å². The van der Waals surface area contributed by atoms with E-state index < -0.39 is 4.92 Å². The minimum Gasteiger partial charge on any atom is -0.383 e. The summed E-state index contributed by atoms with van der Waals surface area (Å²) in [6.45, 7) is 4.44. The quantitative estimate of drug-likeness (QED) is 0.593. The van der Waals surface area contributed by atoms with E-state index in [1.54, 1.807) is 19.2 Å². The number of rotatable bonds is 7. The van der Waals surface area contributed by atoms with Gasteiger partial charge in [-0.1, -0.05) is 13.8 Å². The largest absolute Gasteiger partial charge is 0.383 e. The van der Waals surface area contributed by atoms with Crippen molar-refractivity contribution in [1.29, 1.82) is 0 Å². The zero-order valence-corrected chi connectivity index (χ0v) is 12.7. The van der Waals surface area contributed by atoms with Crippen molar-refractivity contribution in [3.63, 3.8) is 0 Å². The first-order chi connectivity index (χ1) is 9.90. The molecule has 116 valence electrons. The van der Waals surface area contributed by atoms with Gasteiger partial charge in [-0.2, -0.15) is 0 Å². The molecule has 1 amide bonds. The van der Waals surface area contributed by atoms with Crippen LogP contribution in [0, 0.1) is 16.0 Å². The molecule has 2 N–H and O–H groups in total. The second-order valence-corrected chi connectivity index (χ2v) is 5.02. The van der Waals surface area contributed by atoms with E-state index in [4.69, 9.17) is 4.74 Å². The van der Waals surface area contributed by atoms with Crippen LogP contribution in [0.25, 0.3) is 0 Å². The van der Waals surface area contributed by atoms with Crippen LogP contribution in [0.5, 0.6) is 0 Å². The lowest BCUT2D eigenvalue weighted by Crippen LogP contribution is -2.30. The number of hydrogen-bond donors (Lipinski definition) is 2. The summed E-state index contributed by atoms with van der Waals surface area (Å²) < 4.78 is 5.12. The highest BCUT2D eigenvalue weighted by Crippen LogP contribution is 2.27. The van der Waals surface area contributed by atoms with Crippen molar-refractivity contribution in [1.82, 2.24) is 5.32 Å². The molecular weight excluding hydrogens is 274 g/mol. The van der Waals surface area contributed by atoms with Gasteiger partial charge in [-0.3, -0.25) is 14.9 Å². The predicted molar refractivity (Wildman–Crippen MR) is 80.6 cm³/mol. The van der Waals surface area contributed by atoms with Crippen molar-refractivity contribution in [2.24, 2.45) is 5.92 Å². The molecule has 0 bridgehead atoms. The fourth-order valence-corrected chi connectivity index (χ4v) is 1.87. The SMILES string of the molecule is CNC(=O)c1ccc(NC(COC)C(C)C)c([N+](=O)[O-])c1. The summed E-state index contributed by atoms with van der Waals surface area (Å²) >= 11 is 0. The van der Waals surface area contributed by atoms with Gasteiger partial charge in [0.25, 0.3) is 11.6 Å². The number of ether oxygens (including phenoxy) is 1. The summed E-state index contributed by atoms with van der Waals surface area (Å²) in [6.07, 6.45) is 0. The van der Waals surface area contributed by atoms with Crippen LogP contribution in [0.4, 0.5) is 11.4 Å². The Hall–Kier alpha value is -2.15. The van der Waals surface area contributed by atoms with Crippen molar-refractivity contribution in [3.05, 3.63) is 33.9 Å². The number of carbonyl (C=O) groups excluding carboxylic acids is 1. The van der Waals surface area contributed by atoms with Gasteiger partial charge < -0.3 is 15.4 Å². The summed E-state index contributed by atoms with van der Waals surface area (Å²) in [6, 6.07) is 4.32. The molecule has 0 aliphatic rings. The first-order valence-corrected chi connectivity index (χ1v) is 6.66. The Morgan fingerprint density at radius 1 is 1.43 bits per heavy atom. The van der Waals surface area contributed by atoms with Gasteiger partial charge in [0, 0.05) is 25.8 Å². The van der Waals surface area contributed by atoms with Gasteiger partial charge in [0.1, 0.15) is 5.69 Å². The van der Waals surface area contributed by atoms with Crippen LogP contribution in [0.15, 0.2) is 18.2 Å². The van der Waals surface area contributed by atoms with Gasteiger partial charge >= 0.3 is 0 Å². The lowest BCUT2D eigenvalue weighted by molar-refractivity contribution is -0.384. The van der Waals surface area contributed by atoms with Crippen LogP contribution in [0.2, 0.25) is 0 Å². The smallest absolute Gasteiger partial charge is 0.293 e. The Morgan fingerprint density at radius 2 is 2.10 bits per heavy atom. The fraction of sp³-hybridized carbons (Fsp3) is 0.500. The molecule has 0 fully saturated rings. The fourth-order valence-electron chi connectivity index (χ4n) is 1.87. The molecule has 1 rings (SSSR count). The maximum absolute atomic E-state index is 11.6. The Balaban J connectivity index is 3.11. The van der Waals surface area contributed by atoms with Crippen molar-refractivity contribution >= 4 is 17.3 Å². The van der Waals surface area contributed by atoms with E-state index in [0.29, 0.717) is 12.3 Å². The topological polar surface area (TPSA) is 93.5 Å². The van der Waals surface area contributed by atoms with Gasteiger partial charge in [0.15, 0.2) is 0 Å². The highest BCUT2D eigenvalue weighted by atomic mass is 16.6. The molecule has 1 aromatic carbocycles. The molecule has 0 aliphatic heterocycles. The number of nitro groups is 1. The maximum Gasteiger partial charge on any atom is 0.293 e. The lowest BCUT2D eigenvalue weighted by Gasteiger charge is -2.22. The molecule has 0 aliphatic carbocycles. The van der Waals surface area contributed by atoms with Crippen LogP contribution in [-0.4, -0.2) is 37.6 Å². The number of nitro benzene ring substituents is 1. The minimum absolute atomic E-state index is 0.0560. The standard InChI is InChI=1S/C14H21N3O4/c1-9(2)12(8-21-4)16-11-6-5-10(14(18)15-3)7-13(11)17(19)20/h5-7,9,12,16H,8H2,1-4H3,(H,15,18). The monoisotopic (exact) mass is 295 g/mol. The molecule has 0 aromatic heterocycles. The molecule has 1 unspecified atom stereocenters. The normalized spacial score (nSPS) is 12.0. The number of carbonyl (C=O) groups is 1. The number of nitrogens with one attached hydrogen (secondary N) is 2. The van der Waals surface area contributed by atoms with Gasteiger partial charge in [-0.25, -0.2) is 0 Å². The summed E-state index contributed by atoms with van der Waals surface area (Å²) in [7, 11) is 3.06. The molecule has 0 saturated heterocycles. The van der Waals surface area contributed by atoms with Crippen molar-refractivity contribution < 1.29 is 14.5 Å². The molecule has 21 heavy (non-hydrogen) atoms. The van der Waals surface area contributed by atoms with Crippen molar-refractivity contribution in [3.8, 4) is 0 Å². The number of benzene rings is 1. The number of methoxy groups -OCH3 is 1. The van der Waals surface area contributed by atoms with E-state index >= 15 is 0 Å². The third-order valence-corrected chi connectivity index (χ3v) is 3.18. The summed E-state index contributed by atoms with van der Waals surface area (Å²) in [4.78, 5) is 22.3. The maximum atomic E-state index is 11.6. The number of amides is 1. The van der Waals surface area contributed by atoms with E-state index in [1.165, 1.54) is 13.1 Å². The molecule has 0 radical (unpaired) electrons. The second-order valence-electron chi connectivity index (χ2n) is 5.02. The first kappa shape index (κ1) is 16.9. The van der Waals surface area contributed by atoms with Gasteiger partial charge in [0.2, 0.25) is 0 Å². The molecular formula is C14H21N3O4. The van der Waals surface area contributed by atoms with Gasteiger partial charge in [-0.15, -0.1) is 0 Å². The first-order valence-electron chi connectivity index (χ1n) is 6.66. The van der Waals surface area contributed by atoms with E-state index in [2.05, 4.69) is 10.6 Å². The predicted octanol–water partition coefficient (Wildman–Crippen LogP) is 2.04. The summed E-state index contributed by atoms with van der Waals surface area (Å²) in [5, 5.41) is 16.8. The Morgan fingerprint density at radius 3 is 2.57 bits per heavy atom. The number of nitrogens with zero attached hydrogens (tertiary/aromatic N) is 1. The third kappa shape index (κ3) is 4.42. The molecule has 7 nitrogen and oxygen atoms in total. The summed E-state index contributed by atoms with van der Waals surface area (Å²) in [5.74, 6) is -0.120. The number of hydrogen-bond acceptors (Lipinski definition) is 5. The second kappa shape index (κ2) is 7.58. The third-order valence-electron chi connectivity index (χ3n) is 3.18. The van der Waals surface area contributed by atoms with E-state index in [9.17, 15) is 14.9 Å². The van der Waals surface area contributed by atoms with Crippen LogP contribution in [0.1, 0.15) is 24.2 Å². The molecule has 0 saturated carbocycles. The number of anilines is 1. The highest BCUT2D eigenvalue weighted by Gasteiger charge is 2.21. The van der Waals surface area contributed by atoms with Gasteiger partial charge in [-0.05, 0) is 18.1 Å². The van der Waals surface area contributed by atoms with E-state index in [0.717, 1.165) is 0 Å². The van der Waals surface area contributed by atoms with Gasteiger partial charge in [0.05, 0.1) is 17.6 Å².